The highest BCUT2D eigenvalue weighted by Gasteiger charge is 2.35. The van der Waals surface area contributed by atoms with Gasteiger partial charge in [-0.2, -0.15) is 0 Å². The van der Waals surface area contributed by atoms with Crippen molar-refractivity contribution in [3.8, 4) is 11.5 Å². The Hall–Kier alpha value is -3.68. The van der Waals surface area contributed by atoms with Crippen LogP contribution in [-0.2, 0) is 0 Å². The van der Waals surface area contributed by atoms with Crippen molar-refractivity contribution < 1.29 is 39.6 Å². The summed E-state index contributed by atoms with van der Waals surface area (Å²) < 4.78 is 0. The minimum absolute atomic E-state index is 0.206. The first-order chi connectivity index (χ1) is 11.2. The second kappa shape index (κ2) is 4.92. The van der Waals surface area contributed by atoms with Crippen molar-refractivity contribution in [3.63, 3.8) is 0 Å². The molecule has 24 heavy (non-hydrogen) atoms. The molecule has 2 aromatic rings. The van der Waals surface area contributed by atoms with Crippen LogP contribution in [0.4, 0.5) is 0 Å². The van der Waals surface area contributed by atoms with Crippen LogP contribution in [0.5, 0.6) is 11.5 Å². The van der Waals surface area contributed by atoms with Gasteiger partial charge in [0.25, 0.3) is 0 Å². The lowest BCUT2D eigenvalue weighted by atomic mass is 9.81. The normalized spacial score (nSPS) is 12.5. The molecule has 0 unspecified atom stereocenters. The van der Waals surface area contributed by atoms with E-state index in [2.05, 4.69) is 0 Å². The molecule has 0 spiro atoms. The maximum absolute atomic E-state index is 12.5. The summed E-state index contributed by atoms with van der Waals surface area (Å²) in [5.41, 5.74) is -2.58. The molecule has 1 aliphatic rings. The number of hydrogen-bond acceptors (Lipinski definition) is 6. The number of rotatable bonds is 2. The zero-order chi connectivity index (χ0) is 17.8. The molecule has 0 radical (unpaired) electrons. The predicted molar refractivity (Wildman–Crippen MR) is 77.0 cm³/mol. The number of carboxylic acids is 2. The van der Waals surface area contributed by atoms with E-state index in [1.54, 1.807) is 0 Å². The number of aromatic hydroxyl groups is 2. The number of hydrogen-bond donors (Lipinski definition) is 4. The lowest BCUT2D eigenvalue weighted by molar-refractivity contribution is 0.0651. The quantitative estimate of drug-likeness (QED) is 0.514. The lowest BCUT2D eigenvalue weighted by Crippen LogP contribution is -2.23. The Kier molecular flexibility index (Phi) is 3.12. The number of fused-ring (bicyclic) bond motifs is 2. The van der Waals surface area contributed by atoms with Gasteiger partial charge in [-0.1, -0.05) is 0 Å². The van der Waals surface area contributed by atoms with E-state index in [0.29, 0.717) is 0 Å². The van der Waals surface area contributed by atoms with E-state index in [1.165, 1.54) is 0 Å². The van der Waals surface area contributed by atoms with Crippen molar-refractivity contribution in [2.45, 2.75) is 0 Å². The standard InChI is InChI=1S/C16H8O8/c17-10-2-1-5-11(14(10)20)13(19)7-4-9(16(23)24)8(15(21)22)3-6(7)12(5)18/h1-4,17,20H,(H,21,22)(H,23,24). The average Bonchev–Trinajstić information content (AvgIpc) is 2.53. The summed E-state index contributed by atoms with van der Waals surface area (Å²) in [6.07, 6.45) is 0. The van der Waals surface area contributed by atoms with Gasteiger partial charge in [0.2, 0.25) is 0 Å². The van der Waals surface area contributed by atoms with E-state index in [4.69, 9.17) is 10.2 Å². The van der Waals surface area contributed by atoms with Crippen LogP contribution in [0, 0.1) is 0 Å². The maximum Gasteiger partial charge on any atom is 0.336 e. The van der Waals surface area contributed by atoms with Crippen LogP contribution in [0.2, 0.25) is 0 Å². The van der Waals surface area contributed by atoms with Crippen molar-refractivity contribution in [3.05, 3.63) is 57.6 Å². The molecule has 3 rings (SSSR count). The summed E-state index contributed by atoms with van der Waals surface area (Å²) in [7, 11) is 0. The molecule has 8 nitrogen and oxygen atoms in total. The molecule has 1 aliphatic carbocycles. The number of carboxylic acid groups (broad SMARTS) is 2. The van der Waals surface area contributed by atoms with E-state index < -0.39 is 51.7 Å². The number of ketones is 2. The largest absolute Gasteiger partial charge is 0.504 e. The van der Waals surface area contributed by atoms with Crippen molar-refractivity contribution in [2.24, 2.45) is 0 Å². The van der Waals surface area contributed by atoms with E-state index in [1.807, 2.05) is 0 Å². The Morgan fingerprint density at radius 3 is 1.75 bits per heavy atom. The molecule has 0 atom stereocenters. The third-order valence-corrected chi connectivity index (χ3v) is 3.74. The van der Waals surface area contributed by atoms with Crippen molar-refractivity contribution in [1.82, 2.24) is 0 Å². The predicted octanol–water partition coefficient (Wildman–Crippen LogP) is 1.27. The Morgan fingerprint density at radius 1 is 0.750 bits per heavy atom. The molecule has 2 aromatic carbocycles. The zero-order valence-corrected chi connectivity index (χ0v) is 11.7. The first kappa shape index (κ1) is 15.2. The molecule has 8 heteroatoms. The monoisotopic (exact) mass is 328 g/mol. The number of benzene rings is 2. The Labute approximate surface area is 133 Å². The van der Waals surface area contributed by atoms with Crippen LogP contribution in [0.15, 0.2) is 24.3 Å². The number of phenols is 2. The van der Waals surface area contributed by atoms with Gasteiger partial charge in [-0.3, -0.25) is 9.59 Å². The molecule has 0 amide bonds. The van der Waals surface area contributed by atoms with Crippen molar-refractivity contribution in [1.29, 1.82) is 0 Å². The van der Waals surface area contributed by atoms with Gasteiger partial charge in [0.15, 0.2) is 23.1 Å². The SMILES string of the molecule is O=C(O)c1cc2c(cc1C(=O)O)C(=O)c1c(ccc(O)c1O)C2=O. The Morgan fingerprint density at radius 2 is 1.25 bits per heavy atom. The van der Waals surface area contributed by atoms with Gasteiger partial charge in [0.1, 0.15) is 0 Å². The summed E-state index contributed by atoms with van der Waals surface area (Å²) in [4.78, 5) is 47.4. The molecule has 0 heterocycles. The van der Waals surface area contributed by atoms with Gasteiger partial charge in [-0.15, -0.1) is 0 Å². The molecule has 120 valence electrons. The summed E-state index contributed by atoms with van der Waals surface area (Å²) in [5.74, 6) is -6.19. The number of aromatic carboxylic acids is 2. The Balaban J connectivity index is 2.36. The van der Waals surface area contributed by atoms with Gasteiger partial charge in [-0.05, 0) is 24.3 Å². The van der Waals surface area contributed by atoms with E-state index in [9.17, 15) is 29.4 Å². The van der Waals surface area contributed by atoms with Crippen LogP contribution in [0.3, 0.4) is 0 Å². The average molecular weight is 328 g/mol. The van der Waals surface area contributed by atoms with Gasteiger partial charge in [0, 0.05) is 16.7 Å². The third kappa shape index (κ3) is 1.93. The molecule has 0 aliphatic heterocycles. The van der Waals surface area contributed by atoms with Crippen LogP contribution < -0.4 is 0 Å². The molecule has 0 saturated carbocycles. The molecular weight excluding hydrogens is 320 g/mol. The van der Waals surface area contributed by atoms with E-state index >= 15 is 0 Å². The van der Waals surface area contributed by atoms with E-state index in [-0.39, 0.29) is 16.7 Å². The fourth-order valence-electron chi connectivity index (χ4n) is 2.61. The summed E-state index contributed by atoms with van der Waals surface area (Å²) >= 11 is 0. The third-order valence-electron chi connectivity index (χ3n) is 3.74. The van der Waals surface area contributed by atoms with Gasteiger partial charge in [-0.25, -0.2) is 9.59 Å². The van der Waals surface area contributed by atoms with Crippen molar-refractivity contribution in [2.75, 3.05) is 0 Å². The summed E-state index contributed by atoms with van der Waals surface area (Å²) in [6, 6.07) is 3.76. The number of phenolic OH excluding ortho intramolecular Hbond substituents is 2. The van der Waals surface area contributed by atoms with Gasteiger partial charge >= 0.3 is 11.9 Å². The summed E-state index contributed by atoms with van der Waals surface area (Å²) in [6.45, 7) is 0. The number of carbonyl (C=O) groups is 4. The molecule has 0 bridgehead atoms. The molecule has 0 aromatic heterocycles. The highest BCUT2D eigenvalue weighted by Crippen LogP contribution is 2.38. The second-order valence-corrected chi connectivity index (χ2v) is 5.07. The summed E-state index contributed by atoms with van der Waals surface area (Å²) in [5, 5.41) is 37.6. The van der Waals surface area contributed by atoms with Gasteiger partial charge < -0.3 is 20.4 Å². The maximum atomic E-state index is 12.5. The van der Waals surface area contributed by atoms with Crippen LogP contribution in [0.25, 0.3) is 0 Å². The molecule has 0 fully saturated rings. The first-order valence-corrected chi connectivity index (χ1v) is 6.53. The fraction of sp³-hybridized carbons (Fsp3) is 0. The highest BCUT2D eigenvalue weighted by molar-refractivity contribution is 6.30. The first-order valence-electron chi connectivity index (χ1n) is 6.53. The topological polar surface area (TPSA) is 149 Å². The van der Waals surface area contributed by atoms with Crippen LogP contribution >= 0.6 is 0 Å². The minimum atomic E-state index is -1.58. The van der Waals surface area contributed by atoms with Crippen LogP contribution in [-0.4, -0.2) is 43.9 Å². The number of carbonyl (C=O) groups excluding carboxylic acids is 2. The lowest BCUT2D eigenvalue weighted by Gasteiger charge is -2.19. The molecule has 0 saturated heterocycles. The Bertz CT molecular complexity index is 971. The van der Waals surface area contributed by atoms with E-state index in [0.717, 1.165) is 24.3 Å². The smallest absolute Gasteiger partial charge is 0.336 e. The van der Waals surface area contributed by atoms with Gasteiger partial charge in [0.05, 0.1) is 16.7 Å². The van der Waals surface area contributed by atoms with Crippen LogP contribution in [0.1, 0.15) is 52.6 Å². The highest BCUT2D eigenvalue weighted by atomic mass is 16.4. The molecular formula is C16H8O8. The second-order valence-electron chi connectivity index (χ2n) is 5.07. The molecule has 4 N–H and O–H groups in total. The minimum Gasteiger partial charge on any atom is -0.504 e. The van der Waals surface area contributed by atoms with Crippen molar-refractivity contribution >= 4 is 23.5 Å². The zero-order valence-electron chi connectivity index (χ0n) is 11.7. The fourth-order valence-corrected chi connectivity index (χ4v) is 2.61.